The molecule has 1 aliphatic carbocycles. The molecule has 0 saturated heterocycles. The van der Waals surface area contributed by atoms with Crippen LogP contribution in [-0.4, -0.2) is 11.1 Å². The summed E-state index contributed by atoms with van der Waals surface area (Å²) in [5, 5.41) is 8.77. The van der Waals surface area contributed by atoms with Crippen LogP contribution in [0.5, 0.6) is 0 Å². The maximum atomic E-state index is 10.7. The lowest BCUT2D eigenvalue weighted by Gasteiger charge is -2.09. The number of carboxylic acids is 1. The van der Waals surface area contributed by atoms with Gasteiger partial charge < -0.3 is 5.11 Å². The predicted molar refractivity (Wildman–Crippen MR) is 122 cm³/mol. The van der Waals surface area contributed by atoms with Gasteiger partial charge in [0.1, 0.15) is 0 Å². The summed E-state index contributed by atoms with van der Waals surface area (Å²) in [5.74, 6) is -0.713. The fourth-order valence-corrected chi connectivity index (χ4v) is 3.50. The van der Waals surface area contributed by atoms with E-state index < -0.39 is 5.97 Å². The summed E-state index contributed by atoms with van der Waals surface area (Å²) in [6.07, 6.45) is 22.9. The molecule has 0 heterocycles. The van der Waals surface area contributed by atoms with Gasteiger partial charge in [-0.25, -0.2) is 0 Å². The zero-order chi connectivity index (χ0) is 20.8. The van der Waals surface area contributed by atoms with Gasteiger partial charge in [-0.1, -0.05) is 58.2 Å². The monoisotopic (exact) mass is 384 g/mol. The average molecular weight is 385 g/mol. The zero-order valence-electron chi connectivity index (χ0n) is 18.5. The molecule has 0 saturated carbocycles. The van der Waals surface area contributed by atoms with Crippen molar-refractivity contribution in [2.75, 3.05) is 0 Å². The lowest BCUT2D eigenvalue weighted by Crippen LogP contribution is -1.94. The standard InChI is InChI=1S/C26H40O2/c1-21(2)10-7-11-22(3)12-8-16-24-14-5-6-15-25(20-24)17-9-13-23(4)18-19-26(27)28/h10,12-15H,5-9,11,16-20H2,1-4H3,(H,27,28). The largest absolute Gasteiger partial charge is 0.481 e. The second-order valence-corrected chi connectivity index (χ2v) is 8.37. The lowest BCUT2D eigenvalue weighted by atomic mass is 9.97. The number of hydrogen-bond acceptors (Lipinski definition) is 1. The van der Waals surface area contributed by atoms with Gasteiger partial charge in [-0.2, -0.15) is 0 Å². The van der Waals surface area contributed by atoms with E-state index in [9.17, 15) is 4.79 Å². The molecule has 0 spiro atoms. The maximum absolute atomic E-state index is 10.7. The average Bonchev–Trinajstić information content (AvgIpc) is 2.85. The Bertz CT molecular complexity index is 637. The van der Waals surface area contributed by atoms with Crippen LogP contribution in [0.3, 0.4) is 0 Å². The Labute approximate surface area is 172 Å². The van der Waals surface area contributed by atoms with E-state index in [1.54, 1.807) is 11.1 Å². The van der Waals surface area contributed by atoms with Crippen molar-refractivity contribution < 1.29 is 9.90 Å². The molecular weight excluding hydrogens is 344 g/mol. The van der Waals surface area contributed by atoms with E-state index in [2.05, 4.69) is 51.2 Å². The summed E-state index contributed by atoms with van der Waals surface area (Å²) in [6, 6.07) is 0. The highest BCUT2D eigenvalue weighted by Gasteiger charge is 2.06. The van der Waals surface area contributed by atoms with Crippen LogP contribution in [0.4, 0.5) is 0 Å². The zero-order valence-corrected chi connectivity index (χ0v) is 18.5. The van der Waals surface area contributed by atoms with Crippen LogP contribution < -0.4 is 0 Å². The minimum absolute atomic E-state index is 0.235. The molecule has 0 aromatic rings. The van der Waals surface area contributed by atoms with Crippen molar-refractivity contribution in [2.24, 2.45) is 0 Å². The van der Waals surface area contributed by atoms with Crippen LogP contribution >= 0.6 is 0 Å². The Morgan fingerprint density at radius 1 is 0.821 bits per heavy atom. The molecular formula is C26H40O2. The van der Waals surface area contributed by atoms with E-state index in [0.717, 1.165) is 44.9 Å². The molecule has 28 heavy (non-hydrogen) atoms. The van der Waals surface area contributed by atoms with E-state index in [1.807, 2.05) is 6.92 Å². The molecule has 1 aliphatic rings. The molecule has 1 rings (SSSR count). The van der Waals surface area contributed by atoms with Crippen LogP contribution in [0.15, 0.2) is 58.2 Å². The summed E-state index contributed by atoms with van der Waals surface area (Å²) in [4.78, 5) is 10.7. The molecule has 0 bridgehead atoms. The van der Waals surface area contributed by atoms with Gasteiger partial charge >= 0.3 is 5.97 Å². The fourth-order valence-electron chi connectivity index (χ4n) is 3.50. The first kappa shape index (κ1) is 24.2. The lowest BCUT2D eigenvalue weighted by molar-refractivity contribution is -0.136. The fraction of sp³-hybridized carbons (Fsp3) is 0.577. The molecule has 0 unspecified atom stereocenters. The van der Waals surface area contributed by atoms with E-state index in [-0.39, 0.29) is 6.42 Å². The summed E-state index contributed by atoms with van der Waals surface area (Å²) in [5.41, 5.74) is 7.24. The number of allylic oxidation sites excluding steroid dienone is 10. The minimum Gasteiger partial charge on any atom is -0.481 e. The molecule has 2 nitrogen and oxygen atoms in total. The second kappa shape index (κ2) is 14.2. The first-order valence-corrected chi connectivity index (χ1v) is 10.9. The maximum Gasteiger partial charge on any atom is 0.303 e. The van der Waals surface area contributed by atoms with Gasteiger partial charge in [0, 0.05) is 6.42 Å². The number of hydrogen-bond donors (Lipinski definition) is 1. The Morgan fingerprint density at radius 3 is 1.86 bits per heavy atom. The first-order chi connectivity index (χ1) is 13.4. The third kappa shape index (κ3) is 12.5. The van der Waals surface area contributed by atoms with Gasteiger partial charge in [0.05, 0.1) is 0 Å². The molecule has 0 atom stereocenters. The Hall–Kier alpha value is -1.83. The van der Waals surface area contributed by atoms with Crippen molar-refractivity contribution in [3.05, 3.63) is 58.2 Å². The van der Waals surface area contributed by atoms with Crippen molar-refractivity contribution in [3.8, 4) is 0 Å². The number of carboxylic acid groups (broad SMARTS) is 1. The first-order valence-electron chi connectivity index (χ1n) is 10.9. The van der Waals surface area contributed by atoms with E-state index in [0.29, 0.717) is 6.42 Å². The Balaban J connectivity index is 2.39. The molecule has 0 amide bonds. The van der Waals surface area contributed by atoms with E-state index >= 15 is 0 Å². The number of aliphatic carboxylic acids is 1. The highest BCUT2D eigenvalue weighted by atomic mass is 16.4. The van der Waals surface area contributed by atoms with Gasteiger partial charge in [-0.05, 0) is 91.9 Å². The normalized spacial score (nSPS) is 15.6. The quantitative estimate of drug-likeness (QED) is 0.345. The highest BCUT2D eigenvalue weighted by molar-refractivity contribution is 5.66. The second-order valence-electron chi connectivity index (χ2n) is 8.37. The summed E-state index contributed by atoms with van der Waals surface area (Å²) in [6.45, 7) is 8.62. The molecule has 2 heteroatoms. The smallest absolute Gasteiger partial charge is 0.303 e. The number of carbonyl (C=O) groups is 1. The molecule has 1 N–H and O–H groups in total. The van der Waals surface area contributed by atoms with Gasteiger partial charge in [0.2, 0.25) is 0 Å². The van der Waals surface area contributed by atoms with Gasteiger partial charge in [0.25, 0.3) is 0 Å². The van der Waals surface area contributed by atoms with E-state index in [1.165, 1.54) is 29.6 Å². The van der Waals surface area contributed by atoms with Crippen molar-refractivity contribution in [2.45, 2.75) is 98.3 Å². The summed E-state index contributed by atoms with van der Waals surface area (Å²) >= 11 is 0. The Morgan fingerprint density at radius 2 is 1.36 bits per heavy atom. The molecule has 0 fully saturated rings. The SMILES string of the molecule is CC(C)=CCCC(C)=CCCC1=CCCC=C(CCC=C(C)CCC(=O)O)C1. The highest BCUT2D eigenvalue weighted by Crippen LogP contribution is 2.26. The summed E-state index contributed by atoms with van der Waals surface area (Å²) in [7, 11) is 0. The van der Waals surface area contributed by atoms with Gasteiger partial charge in [0.15, 0.2) is 0 Å². The van der Waals surface area contributed by atoms with Crippen molar-refractivity contribution in [3.63, 3.8) is 0 Å². The van der Waals surface area contributed by atoms with Crippen LogP contribution in [0, 0.1) is 0 Å². The van der Waals surface area contributed by atoms with Crippen molar-refractivity contribution in [1.82, 2.24) is 0 Å². The summed E-state index contributed by atoms with van der Waals surface area (Å²) < 4.78 is 0. The molecule has 0 aliphatic heterocycles. The molecule has 156 valence electrons. The van der Waals surface area contributed by atoms with Gasteiger partial charge in [-0.15, -0.1) is 0 Å². The predicted octanol–water partition coefficient (Wildman–Crippen LogP) is 8.09. The van der Waals surface area contributed by atoms with Crippen LogP contribution in [0.2, 0.25) is 0 Å². The minimum atomic E-state index is -0.713. The van der Waals surface area contributed by atoms with Crippen LogP contribution in [-0.2, 0) is 4.79 Å². The van der Waals surface area contributed by atoms with Crippen molar-refractivity contribution >= 4 is 5.97 Å². The van der Waals surface area contributed by atoms with Gasteiger partial charge in [-0.3, -0.25) is 4.79 Å². The third-order valence-corrected chi connectivity index (χ3v) is 5.23. The third-order valence-electron chi connectivity index (χ3n) is 5.23. The molecule has 0 radical (unpaired) electrons. The number of rotatable bonds is 12. The van der Waals surface area contributed by atoms with Crippen LogP contribution in [0.1, 0.15) is 98.3 Å². The topological polar surface area (TPSA) is 37.3 Å². The Kier molecular flexibility index (Phi) is 12.3. The molecule has 0 aromatic heterocycles. The molecule has 0 aromatic carbocycles. The van der Waals surface area contributed by atoms with E-state index in [4.69, 9.17) is 5.11 Å². The van der Waals surface area contributed by atoms with Crippen LogP contribution in [0.25, 0.3) is 0 Å². The van der Waals surface area contributed by atoms with Crippen molar-refractivity contribution in [1.29, 1.82) is 0 Å².